The first-order chi connectivity index (χ1) is 9.89. The first kappa shape index (κ1) is 17.0. The molecule has 114 valence electrons. The molecule has 0 aromatic rings. The molecule has 0 amide bonds. The molecule has 1 aliphatic carbocycles. The molecule has 1 aliphatic rings. The van der Waals surface area contributed by atoms with Gasteiger partial charge in [0.25, 0.3) is 0 Å². The number of ether oxygens (including phenoxy) is 2. The van der Waals surface area contributed by atoms with Crippen molar-refractivity contribution in [2.45, 2.75) is 40.5 Å². The molecule has 0 radical (unpaired) electrons. The highest BCUT2D eigenvalue weighted by Gasteiger charge is 2.95. The number of rotatable bonds is 6. The Balaban J connectivity index is 3.47. The summed E-state index contributed by atoms with van der Waals surface area (Å²) in [4.78, 5) is 24.7. The van der Waals surface area contributed by atoms with Crippen LogP contribution < -0.4 is 0 Å². The second-order valence-electron chi connectivity index (χ2n) is 5.25. The van der Waals surface area contributed by atoms with Gasteiger partial charge in [-0.25, -0.2) is 0 Å². The average Bonchev–Trinajstić information content (AvgIpc) is 2.94. The number of nitrogens with zero attached hydrogens (tertiary/aromatic N) is 2. The van der Waals surface area contributed by atoms with E-state index in [4.69, 9.17) is 9.47 Å². The van der Waals surface area contributed by atoms with E-state index in [2.05, 4.69) is 0 Å². The number of esters is 2. The number of carbonyl (C=O) groups excluding carboxylic acids is 2. The maximum atomic E-state index is 12.3. The van der Waals surface area contributed by atoms with Crippen molar-refractivity contribution in [1.29, 1.82) is 10.5 Å². The molecule has 2 unspecified atom stereocenters. The van der Waals surface area contributed by atoms with E-state index in [0.29, 0.717) is 12.8 Å². The zero-order valence-electron chi connectivity index (χ0n) is 12.9. The second kappa shape index (κ2) is 5.73. The number of nitriles is 2. The molecule has 6 heteroatoms. The van der Waals surface area contributed by atoms with Gasteiger partial charge in [-0.2, -0.15) is 10.5 Å². The smallest absolute Gasteiger partial charge is 0.329 e. The summed E-state index contributed by atoms with van der Waals surface area (Å²) in [5, 5.41) is 19.2. The minimum absolute atomic E-state index is 0.0782. The van der Waals surface area contributed by atoms with Crippen molar-refractivity contribution in [2.75, 3.05) is 13.2 Å². The molecule has 0 aromatic heterocycles. The van der Waals surface area contributed by atoms with Crippen LogP contribution in [-0.2, 0) is 19.1 Å². The van der Waals surface area contributed by atoms with Crippen molar-refractivity contribution in [3.8, 4) is 12.1 Å². The highest BCUT2D eigenvalue weighted by atomic mass is 16.5. The summed E-state index contributed by atoms with van der Waals surface area (Å²) in [7, 11) is 0. The van der Waals surface area contributed by atoms with Gasteiger partial charge in [-0.05, 0) is 20.3 Å². The van der Waals surface area contributed by atoms with Gasteiger partial charge in [0.15, 0.2) is 10.8 Å². The van der Waals surface area contributed by atoms with Crippen LogP contribution in [0.5, 0.6) is 0 Å². The molecule has 0 aromatic carbocycles. The molecule has 6 nitrogen and oxygen atoms in total. The van der Waals surface area contributed by atoms with Gasteiger partial charge in [0, 0.05) is 5.41 Å². The van der Waals surface area contributed by atoms with E-state index in [-0.39, 0.29) is 13.2 Å². The molecule has 1 fully saturated rings. The van der Waals surface area contributed by atoms with Gasteiger partial charge in [0.2, 0.25) is 0 Å². The van der Waals surface area contributed by atoms with Gasteiger partial charge in [-0.1, -0.05) is 20.3 Å². The molecule has 0 N–H and O–H groups in total. The zero-order valence-corrected chi connectivity index (χ0v) is 12.9. The third kappa shape index (κ3) is 1.75. The van der Waals surface area contributed by atoms with Crippen LogP contribution in [0.3, 0.4) is 0 Å². The Morgan fingerprint density at radius 2 is 1.33 bits per heavy atom. The Labute approximate surface area is 124 Å². The molecule has 0 aliphatic heterocycles. The van der Waals surface area contributed by atoms with Gasteiger partial charge < -0.3 is 9.47 Å². The summed E-state index contributed by atoms with van der Waals surface area (Å²) in [5.74, 6) is -1.64. The van der Waals surface area contributed by atoms with Crippen molar-refractivity contribution in [3.63, 3.8) is 0 Å². The summed E-state index contributed by atoms with van der Waals surface area (Å²) in [6, 6.07) is 3.79. The minimum atomic E-state index is -1.80. The van der Waals surface area contributed by atoms with Gasteiger partial charge >= 0.3 is 11.9 Å². The fourth-order valence-corrected chi connectivity index (χ4v) is 3.40. The van der Waals surface area contributed by atoms with E-state index in [1.54, 1.807) is 20.8 Å². The highest BCUT2D eigenvalue weighted by molar-refractivity contribution is 6.02. The van der Waals surface area contributed by atoms with Crippen LogP contribution in [0, 0.1) is 38.9 Å². The van der Waals surface area contributed by atoms with E-state index in [1.165, 1.54) is 0 Å². The van der Waals surface area contributed by atoms with Crippen molar-refractivity contribution >= 4 is 11.9 Å². The van der Waals surface area contributed by atoms with Crippen molar-refractivity contribution in [3.05, 3.63) is 0 Å². The first-order valence-electron chi connectivity index (χ1n) is 7.07. The Morgan fingerprint density at radius 1 is 0.952 bits per heavy atom. The third-order valence-electron chi connectivity index (χ3n) is 4.40. The molecule has 0 heterocycles. The van der Waals surface area contributed by atoms with Gasteiger partial charge in [-0.3, -0.25) is 9.59 Å². The Bertz CT molecular complexity index is 489. The number of hydrogen-bond donors (Lipinski definition) is 0. The van der Waals surface area contributed by atoms with Crippen LogP contribution >= 0.6 is 0 Å². The summed E-state index contributed by atoms with van der Waals surface area (Å²) in [6.07, 6.45) is 1.01. The first-order valence-corrected chi connectivity index (χ1v) is 7.07. The minimum Gasteiger partial charge on any atom is -0.465 e. The van der Waals surface area contributed by atoms with Crippen LogP contribution in [0.1, 0.15) is 40.5 Å². The predicted octanol–water partition coefficient (Wildman–Crippen LogP) is 1.95. The Hall–Kier alpha value is -2.08. The molecule has 1 rings (SSSR count). The van der Waals surface area contributed by atoms with Crippen LogP contribution in [0.25, 0.3) is 0 Å². The lowest BCUT2D eigenvalue weighted by Gasteiger charge is -2.12. The Morgan fingerprint density at radius 3 is 1.57 bits per heavy atom. The second-order valence-corrected chi connectivity index (χ2v) is 5.25. The lowest BCUT2D eigenvalue weighted by atomic mass is 9.90. The predicted molar refractivity (Wildman–Crippen MR) is 72.4 cm³/mol. The van der Waals surface area contributed by atoms with Crippen LogP contribution in [-0.4, -0.2) is 25.2 Å². The molecule has 0 saturated heterocycles. The molecular formula is C15H20N2O4. The molecular weight excluding hydrogens is 272 g/mol. The highest BCUT2D eigenvalue weighted by Crippen LogP contribution is 2.80. The fourth-order valence-electron chi connectivity index (χ4n) is 3.40. The third-order valence-corrected chi connectivity index (χ3v) is 4.40. The van der Waals surface area contributed by atoms with E-state index in [9.17, 15) is 20.1 Å². The van der Waals surface area contributed by atoms with Crippen molar-refractivity contribution in [1.82, 2.24) is 0 Å². The van der Waals surface area contributed by atoms with E-state index in [0.717, 1.165) is 0 Å². The summed E-state index contributed by atoms with van der Waals surface area (Å²) in [5.41, 5.74) is -4.70. The van der Waals surface area contributed by atoms with Crippen LogP contribution in [0.2, 0.25) is 0 Å². The van der Waals surface area contributed by atoms with Gasteiger partial charge in [-0.15, -0.1) is 0 Å². The zero-order chi connectivity index (χ0) is 16.3. The lowest BCUT2D eigenvalue weighted by Crippen LogP contribution is -2.30. The number of carbonyl (C=O) groups is 2. The monoisotopic (exact) mass is 292 g/mol. The standard InChI is InChI=1S/C15H20N2O4/c1-5-8-13(4)14(9-16,11(18)20-6-2)15(13,10-17)12(19)21-7-3/h5-8H2,1-4H3. The van der Waals surface area contributed by atoms with Gasteiger partial charge in [0.1, 0.15) is 0 Å². The maximum absolute atomic E-state index is 12.3. The molecule has 1 saturated carbocycles. The topological polar surface area (TPSA) is 100 Å². The van der Waals surface area contributed by atoms with Gasteiger partial charge in [0.05, 0.1) is 25.4 Å². The SMILES string of the molecule is CCCC1(C)C(C#N)(C(=O)OCC)C1(C#N)C(=O)OCC. The van der Waals surface area contributed by atoms with E-state index >= 15 is 0 Å². The molecule has 0 spiro atoms. The fraction of sp³-hybridized carbons (Fsp3) is 0.733. The van der Waals surface area contributed by atoms with E-state index < -0.39 is 28.2 Å². The Kier molecular flexibility index (Phi) is 4.63. The molecule has 0 bridgehead atoms. The summed E-state index contributed by atoms with van der Waals surface area (Å²) < 4.78 is 9.93. The number of hydrogen-bond acceptors (Lipinski definition) is 6. The summed E-state index contributed by atoms with van der Waals surface area (Å²) in [6.45, 7) is 6.85. The van der Waals surface area contributed by atoms with Crippen molar-refractivity contribution < 1.29 is 19.1 Å². The lowest BCUT2D eigenvalue weighted by molar-refractivity contribution is -0.155. The quantitative estimate of drug-likeness (QED) is 0.694. The van der Waals surface area contributed by atoms with Crippen LogP contribution in [0.4, 0.5) is 0 Å². The normalized spacial score (nSPS) is 33.4. The molecule has 21 heavy (non-hydrogen) atoms. The maximum Gasteiger partial charge on any atom is 0.329 e. The largest absolute Gasteiger partial charge is 0.465 e. The van der Waals surface area contributed by atoms with Crippen molar-refractivity contribution in [2.24, 2.45) is 16.2 Å². The summed E-state index contributed by atoms with van der Waals surface area (Å²) >= 11 is 0. The average molecular weight is 292 g/mol. The van der Waals surface area contributed by atoms with Crippen LogP contribution in [0.15, 0.2) is 0 Å². The molecule has 2 atom stereocenters. The van der Waals surface area contributed by atoms with E-state index in [1.807, 2.05) is 19.1 Å².